The Morgan fingerprint density at radius 2 is 1.83 bits per heavy atom. The maximum absolute atomic E-state index is 12.8. The quantitative estimate of drug-likeness (QED) is 0.818. The summed E-state index contributed by atoms with van der Waals surface area (Å²) in [5.74, 6) is -0.324. The van der Waals surface area contributed by atoms with Crippen molar-refractivity contribution < 1.29 is 18.0 Å². The lowest BCUT2D eigenvalue weighted by Gasteiger charge is -2.15. The summed E-state index contributed by atoms with van der Waals surface area (Å²) in [6.45, 7) is 1.69. The van der Waals surface area contributed by atoms with Crippen LogP contribution in [0, 0.1) is 0 Å². The van der Waals surface area contributed by atoms with Crippen molar-refractivity contribution in [3.8, 4) is 0 Å². The molecular weight excluding hydrogens is 341 g/mol. The number of nitrogens with one attached hydrogen (secondary N) is 2. The van der Waals surface area contributed by atoms with Crippen LogP contribution in [-0.2, 0) is 11.0 Å². The molecule has 0 aliphatic heterocycles. The van der Waals surface area contributed by atoms with Crippen molar-refractivity contribution in [3.05, 3.63) is 64.7 Å². The Morgan fingerprint density at radius 1 is 1.17 bits per heavy atom. The van der Waals surface area contributed by atoms with Gasteiger partial charge in [-0.3, -0.25) is 4.79 Å². The highest BCUT2D eigenvalue weighted by atomic mass is 35.5. The number of anilines is 1. The van der Waals surface area contributed by atoms with Crippen LogP contribution in [0.15, 0.2) is 48.5 Å². The van der Waals surface area contributed by atoms with E-state index in [0.29, 0.717) is 0 Å². The molecule has 7 heteroatoms. The summed E-state index contributed by atoms with van der Waals surface area (Å²) in [6, 6.07) is 12.6. The van der Waals surface area contributed by atoms with Crippen LogP contribution in [0.1, 0.15) is 24.1 Å². The molecule has 0 radical (unpaired) electrons. The van der Waals surface area contributed by atoms with Crippen LogP contribution in [0.5, 0.6) is 0 Å². The maximum Gasteiger partial charge on any atom is 0.417 e. The number of halogens is 4. The molecule has 24 heavy (non-hydrogen) atoms. The van der Waals surface area contributed by atoms with Crippen LogP contribution in [-0.4, -0.2) is 12.5 Å². The number of rotatable bonds is 5. The first-order chi connectivity index (χ1) is 11.3. The van der Waals surface area contributed by atoms with Crippen LogP contribution in [0.3, 0.4) is 0 Å². The molecule has 0 saturated heterocycles. The molecule has 0 saturated carbocycles. The Balaban J connectivity index is 1.95. The second kappa shape index (κ2) is 7.57. The predicted molar refractivity (Wildman–Crippen MR) is 87.9 cm³/mol. The fourth-order valence-electron chi connectivity index (χ4n) is 2.15. The third-order valence-corrected chi connectivity index (χ3v) is 3.73. The third kappa shape index (κ3) is 4.89. The molecule has 0 heterocycles. The Morgan fingerprint density at radius 3 is 2.46 bits per heavy atom. The summed E-state index contributed by atoms with van der Waals surface area (Å²) in [4.78, 5) is 11.9. The van der Waals surface area contributed by atoms with E-state index in [1.54, 1.807) is 0 Å². The van der Waals surface area contributed by atoms with E-state index >= 15 is 0 Å². The topological polar surface area (TPSA) is 41.1 Å². The minimum Gasteiger partial charge on any atom is -0.376 e. The molecule has 0 aromatic heterocycles. The summed E-state index contributed by atoms with van der Waals surface area (Å²) >= 11 is 5.55. The van der Waals surface area contributed by atoms with Crippen molar-refractivity contribution in [2.75, 3.05) is 11.9 Å². The molecule has 0 fully saturated rings. The normalized spacial score (nSPS) is 12.5. The van der Waals surface area contributed by atoms with Crippen LogP contribution in [0.4, 0.5) is 18.9 Å². The maximum atomic E-state index is 12.8. The number of hydrogen-bond acceptors (Lipinski definition) is 2. The van der Waals surface area contributed by atoms with Gasteiger partial charge in [0, 0.05) is 5.69 Å². The lowest BCUT2D eigenvalue weighted by molar-refractivity contribution is -0.137. The first kappa shape index (κ1) is 18.1. The fraction of sp³-hybridized carbons (Fsp3) is 0.235. The largest absolute Gasteiger partial charge is 0.417 e. The van der Waals surface area contributed by atoms with Gasteiger partial charge in [-0.05, 0) is 30.7 Å². The average Bonchev–Trinajstić information content (AvgIpc) is 2.53. The zero-order valence-electron chi connectivity index (χ0n) is 12.8. The van der Waals surface area contributed by atoms with Gasteiger partial charge in [-0.25, -0.2) is 0 Å². The van der Waals surface area contributed by atoms with Crippen molar-refractivity contribution in [2.24, 2.45) is 0 Å². The molecule has 0 aliphatic rings. The lowest BCUT2D eigenvalue weighted by atomic mass is 10.1. The van der Waals surface area contributed by atoms with Gasteiger partial charge in [0.05, 0.1) is 23.2 Å². The molecule has 1 atom stereocenters. The van der Waals surface area contributed by atoms with Gasteiger partial charge in [0.25, 0.3) is 0 Å². The summed E-state index contributed by atoms with van der Waals surface area (Å²) in [7, 11) is 0. The summed E-state index contributed by atoms with van der Waals surface area (Å²) in [6.07, 6.45) is -4.54. The van der Waals surface area contributed by atoms with Gasteiger partial charge in [-0.1, -0.05) is 41.9 Å². The van der Waals surface area contributed by atoms with Crippen LogP contribution < -0.4 is 10.6 Å². The van der Waals surface area contributed by atoms with Gasteiger partial charge < -0.3 is 10.6 Å². The number of carbonyl (C=O) groups is 1. The summed E-state index contributed by atoms with van der Waals surface area (Å²) in [5.41, 5.74) is 0.179. The Hall–Kier alpha value is -2.21. The van der Waals surface area contributed by atoms with Crippen molar-refractivity contribution in [3.63, 3.8) is 0 Å². The van der Waals surface area contributed by atoms with E-state index in [2.05, 4.69) is 10.6 Å². The SMILES string of the molecule is C[C@@H](NC(=O)CNc1ccc(Cl)c(C(F)(F)F)c1)c1ccccc1. The number of benzene rings is 2. The Bertz CT molecular complexity index is 705. The summed E-state index contributed by atoms with van der Waals surface area (Å²) < 4.78 is 38.4. The highest BCUT2D eigenvalue weighted by molar-refractivity contribution is 6.31. The monoisotopic (exact) mass is 356 g/mol. The van der Waals surface area contributed by atoms with Gasteiger partial charge in [0.1, 0.15) is 0 Å². The molecule has 2 aromatic rings. The van der Waals surface area contributed by atoms with E-state index in [0.717, 1.165) is 17.7 Å². The first-order valence-electron chi connectivity index (χ1n) is 7.22. The molecule has 2 rings (SSSR count). The average molecular weight is 357 g/mol. The van der Waals surface area contributed by atoms with Crippen molar-refractivity contribution in [1.82, 2.24) is 5.32 Å². The van der Waals surface area contributed by atoms with Crippen LogP contribution in [0.25, 0.3) is 0 Å². The first-order valence-corrected chi connectivity index (χ1v) is 7.60. The Kier molecular flexibility index (Phi) is 5.72. The standard InChI is InChI=1S/C17H16ClF3N2O/c1-11(12-5-3-2-4-6-12)23-16(24)10-22-13-7-8-15(18)14(9-13)17(19,20)21/h2-9,11,22H,10H2,1H3,(H,23,24)/t11-/m1/s1. The highest BCUT2D eigenvalue weighted by Gasteiger charge is 2.33. The minimum absolute atomic E-state index is 0.143. The van der Waals surface area contributed by atoms with Gasteiger partial charge in [-0.15, -0.1) is 0 Å². The molecule has 0 bridgehead atoms. The predicted octanol–water partition coefficient (Wildman–Crippen LogP) is 4.65. The zero-order valence-corrected chi connectivity index (χ0v) is 13.6. The molecule has 3 nitrogen and oxygen atoms in total. The van der Waals surface area contributed by atoms with E-state index in [-0.39, 0.29) is 29.2 Å². The van der Waals surface area contributed by atoms with Gasteiger partial charge >= 0.3 is 6.18 Å². The number of hydrogen-bond donors (Lipinski definition) is 2. The van der Waals surface area contributed by atoms with E-state index in [9.17, 15) is 18.0 Å². The van der Waals surface area contributed by atoms with Crippen molar-refractivity contribution in [1.29, 1.82) is 0 Å². The number of amides is 1. The second-order valence-electron chi connectivity index (χ2n) is 5.25. The molecule has 0 unspecified atom stereocenters. The minimum atomic E-state index is -4.54. The molecular formula is C17H16ClF3N2O. The number of carbonyl (C=O) groups excluding carboxylic acids is 1. The zero-order chi connectivity index (χ0) is 17.7. The second-order valence-corrected chi connectivity index (χ2v) is 5.65. The smallest absolute Gasteiger partial charge is 0.376 e. The molecule has 2 N–H and O–H groups in total. The van der Waals surface area contributed by atoms with Crippen LogP contribution in [0.2, 0.25) is 5.02 Å². The highest BCUT2D eigenvalue weighted by Crippen LogP contribution is 2.36. The van der Waals surface area contributed by atoms with Gasteiger partial charge in [0.2, 0.25) is 5.91 Å². The Labute approximate surface area is 142 Å². The van der Waals surface area contributed by atoms with E-state index < -0.39 is 11.7 Å². The third-order valence-electron chi connectivity index (χ3n) is 3.40. The number of alkyl halides is 3. The van der Waals surface area contributed by atoms with E-state index in [4.69, 9.17) is 11.6 Å². The van der Waals surface area contributed by atoms with Crippen molar-refractivity contribution in [2.45, 2.75) is 19.1 Å². The molecule has 2 aromatic carbocycles. The van der Waals surface area contributed by atoms with Crippen LogP contribution >= 0.6 is 11.6 Å². The summed E-state index contributed by atoms with van der Waals surface area (Å²) in [5, 5.41) is 5.06. The molecule has 0 aliphatic carbocycles. The van der Waals surface area contributed by atoms with Gasteiger partial charge in [0.15, 0.2) is 0 Å². The fourth-order valence-corrected chi connectivity index (χ4v) is 2.38. The lowest BCUT2D eigenvalue weighted by Crippen LogP contribution is -2.32. The van der Waals surface area contributed by atoms with Gasteiger partial charge in [-0.2, -0.15) is 13.2 Å². The molecule has 1 amide bonds. The molecule has 0 spiro atoms. The molecule has 128 valence electrons. The van der Waals surface area contributed by atoms with E-state index in [1.165, 1.54) is 6.07 Å². The van der Waals surface area contributed by atoms with Crippen molar-refractivity contribution >= 4 is 23.2 Å². The van der Waals surface area contributed by atoms with E-state index in [1.807, 2.05) is 37.3 Å².